The number of carbonyl (C=O) groups is 2. The van der Waals surface area contributed by atoms with E-state index in [0.717, 1.165) is 0 Å². The zero-order chi connectivity index (χ0) is 18.5. The van der Waals surface area contributed by atoms with E-state index >= 15 is 0 Å². The molecule has 0 aliphatic heterocycles. The Morgan fingerprint density at radius 1 is 0.913 bits per heavy atom. The van der Waals surface area contributed by atoms with Crippen molar-refractivity contribution >= 4 is 12.9 Å². The van der Waals surface area contributed by atoms with Crippen molar-refractivity contribution in [3.05, 3.63) is 0 Å². The van der Waals surface area contributed by atoms with Gasteiger partial charge in [0.1, 0.15) is 6.79 Å². The monoisotopic (exact) mass is 360 g/mol. The molecule has 0 heterocycles. The molecule has 0 amide bonds. The molecule has 0 aromatic carbocycles. The highest BCUT2D eigenvalue weighted by Crippen LogP contribution is 2.36. The summed E-state index contributed by atoms with van der Waals surface area (Å²) in [4.78, 5) is 19.7. The highest BCUT2D eigenvalue weighted by molar-refractivity contribution is 5.38. The third-order valence-corrected chi connectivity index (χ3v) is 2.36. The normalized spacial score (nSPS) is 15.0. The van der Waals surface area contributed by atoms with Gasteiger partial charge in [0.15, 0.2) is 5.60 Å². The first kappa shape index (κ1) is 21.4. The predicted octanol–water partition coefficient (Wildman–Crippen LogP) is 2.22. The minimum absolute atomic E-state index is 0.600. The van der Waals surface area contributed by atoms with Crippen molar-refractivity contribution in [2.75, 3.05) is 6.79 Å². The van der Waals surface area contributed by atoms with E-state index in [2.05, 4.69) is 18.9 Å². The molecule has 0 fully saturated rings. The topological polar surface area (TPSA) is 71.1 Å². The van der Waals surface area contributed by atoms with Gasteiger partial charge in [0.2, 0.25) is 0 Å². The lowest BCUT2D eigenvalue weighted by Crippen LogP contribution is -2.51. The quantitative estimate of drug-likeness (QED) is 0.338. The third kappa shape index (κ3) is 5.82. The second-order valence-corrected chi connectivity index (χ2v) is 4.37. The smallest absolute Gasteiger partial charge is 0.401 e. The maximum atomic E-state index is 13.2. The van der Waals surface area contributed by atoms with E-state index in [9.17, 15) is 40.3 Å². The lowest BCUT2D eigenvalue weighted by Gasteiger charge is -2.32. The van der Waals surface area contributed by atoms with Crippen LogP contribution < -0.4 is 0 Å². The molecule has 0 saturated carbocycles. The van der Waals surface area contributed by atoms with Gasteiger partial charge in [-0.05, 0) is 13.8 Å². The van der Waals surface area contributed by atoms with Crippen molar-refractivity contribution in [3.63, 3.8) is 0 Å². The Morgan fingerprint density at radius 3 is 1.78 bits per heavy atom. The van der Waals surface area contributed by atoms with Crippen LogP contribution in [0.1, 0.15) is 13.8 Å². The van der Waals surface area contributed by atoms with E-state index in [1.54, 1.807) is 0 Å². The molecular formula is C10H11F7O6. The SMILES string of the molecule is CC(C)(OCOC(C(F)(F)F)C(F)(F)OC=O)C(F)(F)OC=O. The molecule has 0 aliphatic rings. The first-order chi connectivity index (χ1) is 10.2. The van der Waals surface area contributed by atoms with E-state index in [-0.39, 0.29) is 0 Å². The summed E-state index contributed by atoms with van der Waals surface area (Å²) in [5, 5.41) is 0. The van der Waals surface area contributed by atoms with Gasteiger partial charge in [-0.3, -0.25) is 9.59 Å². The zero-order valence-corrected chi connectivity index (χ0v) is 11.5. The molecule has 0 aliphatic carbocycles. The van der Waals surface area contributed by atoms with Gasteiger partial charge in [-0.15, -0.1) is 0 Å². The maximum absolute atomic E-state index is 13.2. The first-order valence-corrected chi connectivity index (χ1v) is 5.52. The number of alkyl halides is 7. The van der Waals surface area contributed by atoms with Gasteiger partial charge >= 0.3 is 18.4 Å². The molecule has 0 N–H and O–H groups in total. The van der Waals surface area contributed by atoms with Crippen LogP contribution in [0.15, 0.2) is 0 Å². The second kappa shape index (κ2) is 7.29. The van der Waals surface area contributed by atoms with Crippen LogP contribution in [0.3, 0.4) is 0 Å². The molecule has 13 heteroatoms. The summed E-state index contributed by atoms with van der Waals surface area (Å²) < 4.78 is 104. The van der Waals surface area contributed by atoms with Gasteiger partial charge in [0, 0.05) is 0 Å². The highest BCUT2D eigenvalue weighted by atomic mass is 19.4. The van der Waals surface area contributed by atoms with Crippen molar-refractivity contribution in [1.29, 1.82) is 0 Å². The number of ether oxygens (including phenoxy) is 4. The number of hydrogen-bond acceptors (Lipinski definition) is 6. The molecule has 136 valence electrons. The van der Waals surface area contributed by atoms with Gasteiger partial charge in [0.05, 0.1) is 0 Å². The Hall–Kier alpha value is -1.63. The Labute approximate surface area is 124 Å². The van der Waals surface area contributed by atoms with Crippen LogP contribution in [0, 0.1) is 0 Å². The molecule has 1 unspecified atom stereocenters. The molecule has 0 spiro atoms. The Balaban J connectivity index is 4.96. The summed E-state index contributed by atoms with van der Waals surface area (Å²) in [5.41, 5.74) is -2.70. The molecule has 1 atom stereocenters. The fourth-order valence-corrected chi connectivity index (χ4v) is 1.04. The molecule has 0 radical (unpaired) electrons. The van der Waals surface area contributed by atoms with Crippen LogP contribution in [0.5, 0.6) is 0 Å². The fourth-order valence-electron chi connectivity index (χ4n) is 1.04. The van der Waals surface area contributed by atoms with Gasteiger partial charge in [-0.25, -0.2) is 0 Å². The summed E-state index contributed by atoms with van der Waals surface area (Å²) in [6.07, 6.45) is -19.1. The Kier molecular flexibility index (Phi) is 6.78. The van der Waals surface area contributed by atoms with Gasteiger partial charge in [0.25, 0.3) is 19.0 Å². The van der Waals surface area contributed by atoms with Crippen molar-refractivity contribution in [2.45, 2.75) is 43.9 Å². The van der Waals surface area contributed by atoms with Crippen LogP contribution in [0.4, 0.5) is 30.7 Å². The van der Waals surface area contributed by atoms with Gasteiger partial charge in [-0.1, -0.05) is 0 Å². The Bertz CT molecular complexity index is 409. The van der Waals surface area contributed by atoms with Crippen LogP contribution in [-0.4, -0.2) is 49.8 Å². The third-order valence-electron chi connectivity index (χ3n) is 2.36. The van der Waals surface area contributed by atoms with Crippen LogP contribution in [-0.2, 0) is 28.5 Å². The summed E-state index contributed by atoms with van der Waals surface area (Å²) in [6, 6.07) is 0. The standard InChI is InChI=1S/C10H11F7O6/c1-7(2,10(16,17)22-4-19)23-5-20-6(8(11,12)13)9(14,15)21-3-18/h3-4,6H,5H2,1-2H3. The minimum atomic E-state index is -5.71. The molecule has 6 nitrogen and oxygen atoms in total. The van der Waals surface area contributed by atoms with E-state index in [4.69, 9.17) is 0 Å². The number of carbonyl (C=O) groups excluding carboxylic acids is 2. The molecule has 0 aromatic rings. The lowest BCUT2D eigenvalue weighted by atomic mass is 10.1. The van der Waals surface area contributed by atoms with Crippen molar-refractivity contribution < 1.29 is 59.3 Å². The highest BCUT2D eigenvalue weighted by Gasteiger charge is 2.60. The second-order valence-electron chi connectivity index (χ2n) is 4.37. The van der Waals surface area contributed by atoms with Crippen LogP contribution >= 0.6 is 0 Å². The van der Waals surface area contributed by atoms with E-state index in [0.29, 0.717) is 13.8 Å². The van der Waals surface area contributed by atoms with Gasteiger partial charge < -0.3 is 18.9 Å². The number of halogens is 7. The zero-order valence-electron chi connectivity index (χ0n) is 11.5. The molecule has 0 saturated heterocycles. The molecule has 0 bridgehead atoms. The molecule has 23 heavy (non-hydrogen) atoms. The summed E-state index contributed by atoms with van der Waals surface area (Å²) in [5.74, 6) is 0. The molecule has 0 aromatic heterocycles. The van der Waals surface area contributed by atoms with Crippen LogP contribution in [0.2, 0.25) is 0 Å². The maximum Gasteiger partial charge on any atom is 0.435 e. The van der Waals surface area contributed by atoms with Crippen molar-refractivity contribution in [1.82, 2.24) is 0 Å². The van der Waals surface area contributed by atoms with Crippen LogP contribution in [0.25, 0.3) is 0 Å². The number of hydrogen-bond donors (Lipinski definition) is 0. The fraction of sp³-hybridized carbons (Fsp3) is 0.800. The minimum Gasteiger partial charge on any atom is -0.401 e. The average molecular weight is 360 g/mol. The first-order valence-electron chi connectivity index (χ1n) is 5.52. The van der Waals surface area contributed by atoms with E-state index in [1.165, 1.54) is 0 Å². The molecule has 0 rings (SSSR count). The van der Waals surface area contributed by atoms with Gasteiger partial charge in [-0.2, -0.15) is 30.7 Å². The summed E-state index contributed by atoms with van der Waals surface area (Å²) in [6.45, 7) is -2.09. The Morgan fingerprint density at radius 2 is 1.39 bits per heavy atom. The molecular weight excluding hydrogens is 349 g/mol. The average Bonchev–Trinajstić information content (AvgIpc) is 2.32. The van der Waals surface area contributed by atoms with E-state index in [1.807, 2.05) is 0 Å². The number of rotatable bonds is 10. The van der Waals surface area contributed by atoms with E-state index < -0.39 is 49.8 Å². The summed E-state index contributed by atoms with van der Waals surface area (Å²) >= 11 is 0. The largest absolute Gasteiger partial charge is 0.435 e. The predicted molar refractivity (Wildman–Crippen MR) is 55.2 cm³/mol. The lowest BCUT2D eigenvalue weighted by molar-refractivity contribution is -0.375. The van der Waals surface area contributed by atoms with Crippen molar-refractivity contribution in [3.8, 4) is 0 Å². The van der Waals surface area contributed by atoms with Crippen molar-refractivity contribution in [2.24, 2.45) is 0 Å². The summed E-state index contributed by atoms with van der Waals surface area (Å²) in [7, 11) is 0.